The van der Waals surface area contributed by atoms with Crippen molar-refractivity contribution in [3.05, 3.63) is 59.9 Å². The van der Waals surface area contributed by atoms with Gasteiger partial charge in [0, 0.05) is 5.69 Å². The molecule has 112 valence electrons. The number of fused-ring (bicyclic) bond motifs is 1. The van der Waals surface area contributed by atoms with Crippen molar-refractivity contribution in [2.45, 2.75) is 19.8 Å². The first kappa shape index (κ1) is 14.3. The summed E-state index contributed by atoms with van der Waals surface area (Å²) in [4.78, 5) is 16.4. The number of carbonyl (C=O) groups is 1. The van der Waals surface area contributed by atoms with E-state index in [0.717, 1.165) is 29.6 Å². The molecule has 0 saturated heterocycles. The van der Waals surface area contributed by atoms with Crippen molar-refractivity contribution < 1.29 is 9.53 Å². The molecule has 0 saturated carbocycles. The molecule has 0 aliphatic heterocycles. The fourth-order valence-corrected chi connectivity index (χ4v) is 2.62. The molecule has 0 radical (unpaired) electrons. The standard InChI is InChI=1S/C18H18N2O2/c1-3-6-13-9-11-14(12-10-13)20-16-8-5-4-7-15(16)19-17(20)18(21)22-2/h4-5,7-12H,3,6H2,1-2H3. The van der Waals surface area contributed by atoms with Crippen LogP contribution in [0.15, 0.2) is 48.5 Å². The van der Waals surface area contributed by atoms with Crippen molar-refractivity contribution in [3.8, 4) is 5.69 Å². The summed E-state index contributed by atoms with van der Waals surface area (Å²) in [7, 11) is 1.37. The van der Waals surface area contributed by atoms with Gasteiger partial charge in [-0.1, -0.05) is 37.6 Å². The number of carbonyl (C=O) groups excluding carboxylic acids is 1. The number of methoxy groups -OCH3 is 1. The van der Waals surface area contributed by atoms with Crippen LogP contribution in [-0.2, 0) is 11.2 Å². The Labute approximate surface area is 129 Å². The third-order valence-electron chi connectivity index (χ3n) is 3.66. The molecule has 1 aromatic heterocycles. The molecule has 0 aliphatic carbocycles. The molecule has 1 heterocycles. The zero-order chi connectivity index (χ0) is 15.5. The molecule has 3 rings (SSSR count). The van der Waals surface area contributed by atoms with E-state index in [0.29, 0.717) is 5.82 Å². The summed E-state index contributed by atoms with van der Waals surface area (Å²) < 4.78 is 6.71. The number of aromatic nitrogens is 2. The first-order valence-corrected chi connectivity index (χ1v) is 7.39. The summed E-state index contributed by atoms with van der Waals surface area (Å²) in [5.41, 5.74) is 3.87. The highest BCUT2D eigenvalue weighted by molar-refractivity contribution is 5.92. The van der Waals surface area contributed by atoms with Crippen molar-refractivity contribution in [2.24, 2.45) is 0 Å². The SMILES string of the molecule is CCCc1ccc(-n2c(C(=O)OC)nc3ccccc32)cc1. The van der Waals surface area contributed by atoms with Gasteiger partial charge in [0.05, 0.1) is 18.1 Å². The minimum atomic E-state index is -0.436. The number of benzene rings is 2. The van der Waals surface area contributed by atoms with Crippen molar-refractivity contribution >= 4 is 17.0 Å². The Morgan fingerprint density at radius 2 is 1.86 bits per heavy atom. The van der Waals surface area contributed by atoms with Crippen molar-refractivity contribution in [3.63, 3.8) is 0 Å². The van der Waals surface area contributed by atoms with Gasteiger partial charge in [-0.15, -0.1) is 0 Å². The van der Waals surface area contributed by atoms with Crippen LogP contribution in [0.2, 0.25) is 0 Å². The summed E-state index contributed by atoms with van der Waals surface area (Å²) in [6.45, 7) is 2.16. The number of imidazole rings is 1. The molecule has 2 aromatic carbocycles. The van der Waals surface area contributed by atoms with Gasteiger partial charge >= 0.3 is 5.97 Å². The topological polar surface area (TPSA) is 44.1 Å². The zero-order valence-electron chi connectivity index (χ0n) is 12.7. The monoisotopic (exact) mass is 294 g/mol. The Morgan fingerprint density at radius 1 is 1.14 bits per heavy atom. The van der Waals surface area contributed by atoms with E-state index in [2.05, 4.69) is 24.0 Å². The Morgan fingerprint density at radius 3 is 2.55 bits per heavy atom. The van der Waals surface area contributed by atoms with Gasteiger partial charge < -0.3 is 4.74 Å². The first-order valence-electron chi connectivity index (χ1n) is 7.39. The normalized spacial score (nSPS) is 10.8. The van der Waals surface area contributed by atoms with Gasteiger partial charge in [0.15, 0.2) is 0 Å². The number of esters is 1. The molecule has 0 amide bonds. The maximum Gasteiger partial charge on any atom is 0.374 e. The molecule has 0 unspecified atom stereocenters. The second-order valence-corrected chi connectivity index (χ2v) is 5.17. The third kappa shape index (κ3) is 2.48. The van der Waals surface area contributed by atoms with Crippen LogP contribution in [0, 0.1) is 0 Å². The highest BCUT2D eigenvalue weighted by Crippen LogP contribution is 2.22. The maximum absolute atomic E-state index is 12.0. The molecule has 3 aromatic rings. The highest BCUT2D eigenvalue weighted by atomic mass is 16.5. The van der Waals surface area contributed by atoms with Gasteiger partial charge in [0.2, 0.25) is 5.82 Å². The summed E-state index contributed by atoms with van der Waals surface area (Å²) in [5, 5.41) is 0. The van der Waals surface area contributed by atoms with E-state index in [-0.39, 0.29) is 0 Å². The smallest absolute Gasteiger partial charge is 0.374 e. The largest absolute Gasteiger partial charge is 0.463 e. The number of nitrogens with zero attached hydrogens (tertiary/aromatic N) is 2. The third-order valence-corrected chi connectivity index (χ3v) is 3.66. The highest BCUT2D eigenvalue weighted by Gasteiger charge is 2.19. The lowest BCUT2D eigenvalue weighted by atomic mass is 10.1. The van der Waals surface area contributed by atoms with Gasteiger partial charge in [-0.2, -0.15) is 0 Å². The molecule has 0 bridgehead atoms. The molecular formula is C18H18N2O2. The lowest BCUT2D eigenvalue weighted by molar-refractivity contribution is 0.0585. The molecule has 0 fully saturated rings. The first-order chi connectivity index (χ1) is 10.7. The van der Waals surface area contributed by atoms with Gasteiger partial charge in [-0.3, -0.25) is 4.57 Å². The van der Waals surface area contributed by atoms with E-state index in [1.165, 1.54) is 12.7 Å². The number of aryl methyl sites for hydroxylation is 1. The van der Waals surface area contributed by atoms with E-state index in [1.54, 1.807) is 0 Å². The summed E-state index contributed by atoms with van der Waals surface area (Å²) in [5.74, 6) is -0.138. The van der Waals surface area contributed by atoms with E-state index in [1.807, 2.05) is 41.0 Å². The predicted octanol–water partition coefficient (Wildman–Crippen LogP) is 3.76. The zero-order valence-corrected chi connectivity index (χ0v) is 12.7. The minimum absolute atomic E-state index is 0.298. The number of ether oxygens (including phenoxy) is 1. The van der Waals surface area contributed by atoms with Crippen molar-refractivity contribution in [1.82, 2.24) is 9.55 Å². The Hall–Kier alpha value is -2.62. The van der Waals surface area contributed by atoms with E-state index in [9.17, 15) is 4.79 Å². The van der Waals surface area contributed by atoms with E-state index >= 15 is 0 Å². The van der Waals surface area contributed by atoms with Crippen molar-refractivity contribution in [2.75, 3.05) is 7.11 Å². The lowest BCUT2D eigenvalue weighted by Crippen LogP contribution is -2.10. The summed E-state index contributed by atoms with van der Waals surface area (Å²) in [6, 6.07) is 15.9. The van der Waals surface area contributed by atoms with Crippen LogP contribution in [-0.4, -0.2) is 22.6 Å². The van der Waals surface area contributed by atoms with Crippen LogP contribution in [0.1, 0.15) is 29.5 Å². The predicted molar refractivity (Wildman–Crippen MR) is 86.4 cm³/mol. The Kier molecular flexibility index (Phi) is 3.92. The second-order valence-electron chi connectivity index (χ2n) is 5.17. The fourth-order valence-electron chi connectivity index (χ4n) is 2.62. The molecule has 4 heteroatoms. The van der Waals surface area contributed by atoms with E-state index in [4.69, 9.17) is 4.74 Å². The van der Waals surface area contributed by atoms with Gasteiger partial charge in [0.1, 0.15) is 0 Å². The van der Waals surface area contributed by atoms with Gasteiger partial charge in [-0.25, -0.2) is 9.78 Å². The molecule has 0 spiro atoms. The van der Waals surface area contributed by atoms with E-state index < -0.39 is 5.97 Å². The molecule has 4 nitrogen and oxygen atoms in total. The van der Waals surface area contributed by atoms with Crippen LogP contribution in [0.5, 0.6) is 0 Å². The van der Waals surface area contributed by atoms with Crippen LogP contribution in [0.25, 0.3) is 16.7 Å². The fraction of sp³-hybridized carbons (Fsp3) is 0.222. The molecule has 0 atom stereocenters. The molecule has 0 aliphatic rings. The summed E-state index contributed by atoms with van der Waals surface area (Å²) >= 11 is 0. The minimum Gasteiger partial charge on any atom is -0.463 e. The van der Waals surface area contributed by atoms with Crippen molar-refractivity contribution in [1.29, 1.82) is 0 Å². The second kappa shape index (κ2) is 6.02. The Bertz CT molecular complexity index is 804. The molecular weight excluding hydrogens is 276 g/mol. The van der Waals surface area contributed by atoms with Crippen LogP contribution in [0.4, 0.5) is 0 Å². The average Bonchev–Trinajstić information content (AvgIpc) is 2.94. The quantitative estimate of drug-likeness (QED) is 0.688. The molecule has 0 N–H and O–H groups in total. The summed E-state index contributed by atoms with van der Waals surface area (Å²) in [6.07, 6.45) is 2.16. The maximum atomic E-state index is 12.0. The van der Waals surface area contributed by atoms with Crippen LogP contribution >= 0.6 is 0 Å². The number of rotatable bonds is 4. The number of para-hydroxylation sites is 2. The van der Waals surface area contributed by atoms with Crippen LogP contribution in [0.3, 0.4) is 0 Å². The molecule has 22 heavy (non-hydrogen) atoms. The van der Waals surface area contributed by atoms with Gasteiger partial charge in [0.25, 0.3) is 0 Å². The number of hydrogen-bond donors (Lipinski definition) is 0. The van der Waals surface area contributed by atoms with Gasteiger partial charge in [-0.05, 0) is 36.2 Å². The number of hydrogen-bond acceptors (Lipinski definition) is 3. The average molecular weight is 294 g/mol. The lowest BCUT2D eigenvalue weighted by Gasteiger charge is -2.09. The Balaban J connectivity index is 2.17. The van der Waals surface area contributed by atoms with Crippen LogP contribution < -0.4 is 0 Å².